The summed E-state index contributed by atoms with van der Waals surface area (Å²) < 4.78 is 0. The molecule has 1 saturated heterocycles. The lowest BCUT2D eigenvalue weighted by atomic mass is 10.0. The van der Waals surface area contributed by atoms with Gasteiger partial charge < -0.3 is 5.11 Å². The highest BCUT2D eigenvalue weighted by Crippen LogP contribution is 2.18. The molecule has 1 heterocycles. The molecule has 12 heavy (non-hydrogen) atoms. The van der Waals surface area contributed by atoms with E-state index in [0.717, 1.165) is 19.2 Å². The Morgan fingerprint density at radius 3 is 2.17 bits per heavy atom. The monoisotopic (exact) mass is 173 g/mol. The average Bonchev–Trinajstić information content (AvgIpc) is 2.08. The third kappa shape index (κ3) is 3.55. The zero-order valence-electron chi connectivity index (χ0n) is 8.88. The van der Waals surface area contributed by atoms with Gasteiger partial charge in [-0.3, -0.25) is 4.90 Å². The molecule has 74 valence electrons. The van der Waals surface area contributed by atoms with Crippen LogP contribution in [0.3, 0.4) is 0 Å². The fourth-order valence-corrected chi connectivity index (χ4v) is 1.89. The number of nitrogens with zero attached hydrogens (tertiary/aromatic N) is 1. The van der Waals surface area contributed by atoms with Crippen LogP contribution in [0.4, 0.5) is 0 Å². The van der Waals surface area contributed by atoms with Crippen LogP contribution in [0.25, 0.3) is 0 Å². The zero-order chi connectivity index (χ0) is 9.56. The van der Waals surface area contributed by atoms with Crippen LogP contribution >= 0.6 is 0 Å². The quantitative estimate of drug-likeness (QED) is 0.654. The van der Waals surface area contributed by atoms with Crippen LogP contribution in [-0.4, -0.2) is 35.7 Å². The molecule has 2 heteroatoms. The van der Waals surface area contributed by atoms with Crippen LogP contribution in [0.1, 0.15) is 40.0 Å². The highest BCUT2D eigenvalue weighted by atomic mass is 16.2. The largest absolute Gasteiger partial charge is 0.400 e. The molecule has 0 aromatic rings. The van der Waals surface area contributed by atoms with Gasteiger partial charge in [0.25, 0.3) is 0 Å². The summed E-state index contributed by atoms with van der Waals surface area (Å²) in [6.45, 7) is 8.25. The summed E-state index contributed by atoms with van der Waals surface area (Å²) in [5.41, 5.74) is 0. The summed E-state index contributed by atoms with van der Waals surface area (Å²) in [6.07, 6.45) is 4.24. The number of likely N-dealkylation sites (tertiary alicyclic amines) is 1. The van der Waals surface area contributed by atoms with Crippen molar-refractivity contribution in [1.29, 1.82) is 0 Å². The Labute approximate surface area is 76.6 Å². The molecule has 1 fully saturated rings. The van der Waals surface area contributed by atoms with Crippen LogP contribution in [0, 0.1) is 0 Å². The van der Waals surface area contributed by atoms with Gasteiger partial charge in [-0.05, 0) is 40.2 Å². The zero-order valence-corrected chi connectivity index (χ0v) is 8.88. The smallest absolute Gasteiger partial charge is 0.0319 e. The first kappa shape index (κ1) is 11.9. The summed E-state index contributed by atoms with van der Waals surface area (Å²) in [6, 6.07) is 1.57. The molecule has 1 N–H and O–H groups in total. The van der Waals surface area contributed by atoms with Crippen molar-refractivity contribution in [3.05, 3.63) is 0 Å². The van der Waals surface area contributed by atoms with Crippen molar-refractivity contribution in [3.8, 4) is 0 Å². The van der Waals surface area contributed by atoms with Crippen molar-refractivity contribution in [2.24, 2.45) is 0 Å². The number of aliphatic hydroxyl groups is 1. The first-order valence-corrected chi connectivity index (χ1v) is 4.92. The lowest BCUT2D eigenvalue weighted by Crippen LogP contribution is -2.41. The van der Waals surface area contributed by atoms with Crippen LogP contribution in [-0.2, 0) is 0 Å². The minimum atomic E-state index is 0.746. The average molecular weight is 173 g/mol. The second-order valence-corrected chi connectivity index (χ2v) is 3.68. The van der Waals surface area contributed by atoms with E-state index >= 15 is 0 Å². The number of rotatable bonds is 1. The minimum absolute atomic E-state index is 0.746. The van der Waals surface area contributed by atoms with Crippen molar-refractivity contribution in [2.45, 2.75) is 52.1 Å². The maximum absolute atomic E-state index is 7.00. The molecule has 0 amide bonds. The van der Waals surface area contributed by atoms with Gasteiger partial charge in [-0.25, -0.2) is 0 Å². The van der Waals surface area contributed by atoms with Crippen molar-refractivity contribution < 1.29 is 5.11 Å². The highest BCUT2D eigenvalue weighted by Gasteiger charge is 2.19. The number of piperidine rings is 1. The first-order valence-electron chi connectivity index (χ1n) is 4.92. The van der Waals surface area contributed by atoms with Crippen LogP contribution in [0.5, 0.6) is 0 Å². The predicted molar refractivity (Wildman–Crippen MR) is 53.3 cm³/mol. The van der Waals surface area contributed by atoms with E-state index in [9.17, 15) is 0 Å². The van der Waals surface area contributed by atoms with Gasteiger partial charge >= 0.3 is 0 Å². The van der Waals surface area contributed by atoms with E-state index in [-0.39, 0.29) is 0 Å². The summed E-state index contributed by atoms with van der Waals surface area (Å²) in [5.74, 6) is 0. The van der Waals surface area contributed by atoms with E-state index in [2.05, 4.69) is 25.7 Å². The maximum atomic E-state index is 7.00. The molecule has 1 aliphatic rings. The van der Waals surface area contributed by atoms with Crippen molar-refractivity contribution >= 4 is 0 Å². The summed E-state index contributed by atoms with van der Waals surface area (Å²) in [5, 5.41) is 7.00. The topological polar surface area (TPSA) is 23.5 Å². The number of hydrogen-bond donors (Lipinski definition) is 1. The molecule has 1 rings (SSSR count). The first-order chi connectivity index (χ1) is 5.72. The van der Waals surface area contributed by atoms with Crippen molar-refractivity contribution in [3.63, 3.8) is 0 Å². The second kappa shape index (κ2) is 6.44. The SMILES string of the molecule is CC(C)N1CCCC[C@H]1C.CO. The second-order valence-electron chi connectivity index (χ2n) is 3.68. The molecule has 1 aliphatic heterocycles. The van der Waals surface area contributed by atoms with Gasteiger partial charge in [-0.2, -0.15) is 0 Å². The Morgan fingerprint density at radius 1 is 1.25 bits per heavy atom. The molecule has 0 aliphatic carbocycles. The van der Waals surface area contributed by atoms with E-state index in [4.69, 9.17) is 5.11 Å². The van der Waals surface area contributed by atoms with E-state index in [1.807, 2.05) is 0 Å². The van der Waals surface area contributed by atoms with Crippen molar-refractivity contribution in [1.82, 2.24) is 4.90 Å². The molecule has 0 aromatic carbocycles. The highest BCUT2D eigenvalue weighted by molar-refractivity contribution is 4.75. The molecule has 0 bridgehead atoms. The Kier molecular flexibility index (Phi) is 6.39. The molecule has 1 atom stereocenters. The van der Waals surface area contributed by atoms with E-state index in [0.29, 0.717) is 0 Å². The molecular formula is C10H23NO. The summed E-state index contributed by atoms with van der Waals surface area (Å²) in [4.78, 5) is 2.60. The van der Waals surface area contributed by atoms with Crippen LogP contribution in [0.2, 0.25) is 0 Å². The van der Waals surface area contributed by atoms with Gasteiger partial charge in [0.2, 0.25) is 0 Å². The lowest BCUT2D eigenvalue weighted by Gasteiger charge is -2.36. The van der Waals surface area contributed by atoms with E-state index in [1.165, 1.54) is 25.8 Å². The van der Waals surface area contributed by atoms with Gasteiger partial charge in [0, 0.05) is 19.2 Å². The molecule has 0 spiro atoms. The minimum Gasteiger partial charge on any atom is -0.400 e. The third-order valence-electron chi connectivity index (χ3n) is 2.52. The van der Waals surface area contributed by atoms with Crippen LogP contribution in [0.15, 0.2) is 0 Å². The Morgan fingerprint density at radius 2 is 1.83 bits per heavy atom. The lowest BCUT2D eigenvalue weighted by molar-refractivity contribution is 0.123. The Hall–Kier alpha value is -0.0800. The van der Waals surface area contributed by atoms with Crippen molar-refractivity contribution in [2.75, 3.05) is 13.7 Å². The third-order valence-corrected chi connectivity index (χ3v) is 2.52. The number of hydrogen-bond acceptors (Lipinski definition) is 2. The predicted octanol–water partition coefficient (Wildman–Crippen LogP) is 1.88. The summed E-state index contributed by atoms with van der Waals surface area (Å²) >= 11 is 0. The Bertz CT molecular complexity index is 104. The number of aliphatic hydroxyl groups excluding tert-OH is 1. The van der Waals surface area contributed by atoms with Gasteiger partial charge in [-0.15, -0.1) is 0 Å². The van der Waals surface area contributed by atoms with Gasteiger partial charge in [-0.1, -0.05) is 6.42 Å². The molecule has 0 radical (unpaired) electrons. The fourth-order valence-electron chi connectivity index (χ4n) is 1.89. The van der Waals surface area contributed by atoms with Gasteiger partial charge in [0.15, 0.2) is 0 Å². The van der Waals surface area contributed by atoms with Gasteiger partial charge in [0.1, 0.15) is 0 Å². The van der Waals surface area contributed by atoms with E-state index in [1.54, 1.807) is 0 Å². The van der Waals surface area contributed by atoms with Crippen LogP contribution < -0.4 is 0 Å². The normalized spacial score (nSPS) is 25.0. The molecule has 0 saturated carbocycles. The standard InChI is InChI=1S/C9H19N.CH4O/c1-8(2)10-7-5-4-6-9(10)3;1-2/h8-9H,4-7H2,1-3H3;2H,1H3/t9-;/m1./s1. The fraction of sp³-hybridized carbons (Fsp3) is 1.00. The van der Waals surface area contributed by atoms with Gasteiger partial charge in [0.05, 0.1) is 0 Å². The molecule has 2 nitrogen and oxygen atoms in total. The molecule has 0 aromatic heterocycles. The maximum Gasteiger partial charge on any atom is 0.0319 e. The Balaban J connectivity index is 0.000000561. The molecular weight excluding hydrogens is 150 g/mol. The summed E-state index contributed by atoms with van der Waals surface area (Å²) in [7, 11) is 1.00. The van der Waals surface area contributed by atoms with E-state index < -0.39 is 0 Å². The molecule has 0 unspecified atom stereocenters.